The van der Waals surface area contributed by atoms with Gasteiger partial charge < -0.3 is 4.90 Å². The second-order valence-electron chi connectivity index (χ2n) is 7.05. The number of nitriles is 1. The molecule has 0 fully saturated rings. The van der Waals surface area contributed by atoms with Crippen molar-refractivity contribution >= 4 is 23.4 Å². The molecule has 29 heavy (non-hydrogen) atoms. The first-order valence-electron chi connectivity index (χ1n) is 9.65. The van der Waals surface area contributed by atoms with Gasteiger partial charge in [0.05, 0.1) is 11.3 Å². The number of anilines is 1. The number of thioether (sulfide) groups is 1. The Balaban J connectivity index is 1.44. The normalized spacial score (nSPS) is 12.5. The maximum atomic E-state index is 12.7. The van der Waals surface area contributed by atoms with Crippen molar-refractivity contribution in [2.45, 2.75) is 24.8 Å². The number of carbonyl (C=O) groups excluding carboxylic acids is 1. The molecule has 2 aromatic carbocycles. The third-order valence-corrected chi connectivity index (χ3v) is 6.06. The molecule has 4 nitrogen and oxygen atoms in total. The lowest BCUT2D eigenvalue weighted by atomic mass is 10.1. The number of nitrogens with zero attached hydrogens (tertiary/aromatic N) is 3. The number of benzene rings is 2. The number of hydrogen-bond acceptors (Lipinski definition) is 4. The largest absolute Gasteiger partial charge is 0.312 e. The van der Waals surface area contributed by atoms with Crippen LogP contribution in [0.1, 0.15) is 23.1 Å². The summed E-state index contributed by atoms with van der Waals surface area (Å²) in [7, 11) is 0. The van der Waals surface area contributed by atoms with Crippen LogP contribution in [0.3, 0.4) is 0 Å². The summed E-state index contributed by atoms with van der Waals surface area (Å²) in [6, 6.07) is 22.1. The summed E-state index contributed by atoms with van der Waals surface area (Å²) in [6.07, 6.45) is 1.33. The van der Waals surface area contributed by atoms with Gasteiger partial charge in [0, 0.05) is 30.0 Å². The van der Waals surface area contributed by atoms with Crippen LogP contribution in [0.25, 0.3) is 11.3 Å². The third kappa shape index (κ3) is 4.18. The highest BCUT2D eigenvalue weighted by atomic mass is 32.2. The SMILES string of the molecule is Cc1ccc(-c2ccc(C#N)c(SCCC(=O)N3CCc4ccccc43)n2)cc1. The highest BCUT2D eigenvalue weighted by Crippen LogP contribution is 2.29. The van der Waals surface area contributed by atoms with Crippen molar-refractivity contribution in [3.8, 4) is 17.3 Å². The van der Waals surface area contributed by atoms with Crippen molar-refractivity contribution < 1.29 is 4.79 Å². The predicted molar refractivity (Wildman–Crippen MR) is 117 cm³/mol. The zero-order valence-corrected chi connectivity index (χ0v) is 17.1. The van der Waals surface area contributed by atoms with Crippen molar-refractivity contribution in [1.82, 2.24) is 4.98 Å². The Morgan fingerprint density at radius 3 is 2.72 bits per heavy atom. The Labute approximate surface area is 175 Å². The molecule has 0 saturated heterocycles. The van der Waals surface area contributed by atoms with Crippen LogP contribution in [-0.2, 0) is 11.2 Å². The molecule has 4 rings (SSSR count). The lowest BCUT2D eigenvalue weighted by Gasteiger charge is -2.17. The van der Waals surface area contributed by atoms with Crippen LogP contribution in [0.5, 0.6) is 0 Å². The average molecular weight is 400 g/mol. The molecule has 0 saturated carbocycles. The summed E-state index contributed by atoms with van der Waals surface area (Å²) in [5, 5.41) is 10.1. The molecule has 3 aromatic rings. The number of carbonyl (C=O) groups is 1. The number of amides is 1. The molecule has 0 unspecified atom stereocenters. The molecule has 144 valence electrons. The summed E-state index contributed by atoms with van der Waals surface area (Å²) in [5.74, 6) is 0.715. The van der Waals surface area contributed by atoms with Crippen LogP contribution in [-0.4, -0.2) is 23.2 Å². The van der Waals surface area contributed by atoms with Gasteiger partial charge in [-0.2, -0.15) is 5.26 Å². The van der Waals surface area contributed by atoms with E-state index in [1.54, 1.807) is 0 Å². The Kier molecular flexibility index (Phi) is 5.64. The number of rotatable bonds is 5. The molecule has 1 aliphatic heterocycles. The second kappa shape index (κ2) is 8.50. The van der Waals surface area contributed by atoms with Crippen molar-refractivity contribution in [3.63, 3.8) is 0 Å². The summed E-state index contributed by atoms with van der Waals surface area (Å²) >= 11 is 1.47. The lowest BCUT2D eigenvalue weighted by Crippen LogP contribution is -2.29. The van der Waals surface area contributed by atoms with Gasteiger partial charge in [0.1, 0.15) is 11.1 Å². The minimum absolute atomic E-state index is 0.121. The number of fused-ring (bicyclic) bond motifs is 1. The van der Waals surface area contributed by atoms with Gasteiger partial charge in [-0.3, -0.25) is 4.79 Å². The summed E-state index contributed by atoms with van der Waals surface area (Å²) in [5.41, 5.74) is 5.86. The molecule has 0 atom stereocenters. The van der Waals surface area contributed by atoms with Crippen LogP contribution in [0, 0.1) is 18.3 Å². The van der Waals surface area contributed by atoms with Crippen LogP contribution in [0.4, 0.5) is 5.69 Å². The Bertz CT molecular complexity index is 1090. The van der Waals surface area contributed by atoms with E-state index in [0.717, 1.165) is 29.9 Å². The Morgan fingerprint density at radius 1 is 1.14 bits per heavy atom. The van der Waals surface area contributed by atoms with Gasteiger partial charge in [0.15, 0.2) is 0 Å². The smallest absolute Gasteiger partial charge is 0.227 e. The summed E-state index contributed by atoms with van der Waals surface area (Å²) in [4.78, 5) is 19.3. The van der Waals surface area contributed by atoms with Crippen LogP contribution in [0.15, 0.2) is 65.7 Å². The molecule has 1 aliphatic rings. The van der Waals surface area contributed by atoms with E-state index in [-0.39, 0.29) is 5.91 Å². The third-order valence-electron chi connectivity index (χ3n) is 5.07. The Hall–Kier alpha value is -3.10. The molecule has 0 radical (unpaired) electrons. The number of aromatic nitrogens is 1. The molecule has 0 spiro atoms. The van der Waals surface area contributed by atoms with Crippen molar-refractivity contribution in [1.29, 1.82) is 5.26 Å². The quantitative estimate of drug-likeness (QED) is 0.567. The van der Waals surface area contributed by atoms with Gasteiger partial charge in [-0.05, 0) is 37.1 Å². The number of aryl methyl sites for hydroxylation is 1. The van der Waals surface area contributed by atoms with E-state index < -0.39 is 0 Å². The molecular formula is C24H21N3OS. The second-order valence-corrected chi connectivity index (χ2v) is 8.13. The fourth-order valence-electron chi connectivity index (χ4n) is 3.49. The summed E-state index contributed by atoms with van der Waals surface area (Å²) in [6.45, 7) is 2.79. The molecule has 0 aliphatic carbocycles. The van der Waals surface area contributed by atoms with E-state index in [1.165, 1.54) is 22.9 Å². The van der Waals surface area contributed by atoms with Gasteiger partial charge in [0.2, 0.25) is 5.91 Å². The Morgan fingerprint density at radius 2 is 1.93 bits per heavy atom. The fraction of sp³-hybridized carbons (Fsp3) is 0.208. The minimum atomic E-state index is 0.121. The van der Waals surface area contributed by atoms with E-state index in [4.69, 9.17) is 0 Å². The summed E-state index contributed by atoms with van der Waals surface area (Å²) < 4.78 is 0. The van der Waals surface area contributed by atoms with E-state index in [0.29, 0.717) is 22.8 Å². The molecule has 1 amide bonds. The first-order chi connectivity index (χ1) is 14.2. The zero-order valence-electron chi connectivity index (χ0n) is 16.3. The van der Waals surface area contributed by atoms with Crippen LogP contribution < -0.4 is 4.90 Å². The van der Waals surface area contributed by atoms with Crippen molar-refractivity contribution in [2.75, 3.05) is 17.2 Å². The fourth-order valence-corrected chi connectivity index (χ4v) is 4.39. The van der Waals surface area contributed by atoms with Gasteiger partial charge in [-0.1, -0.05) is 48.0 Å². The predicted octanol–water partition coefficient (Wildman–Crippen LogP) is 5.00. The minimum Gasteiger partial charge on any atom is -0.312 e. The number of pyridine rings is 1. The monoisotopic (exact) mass is 399 g/mol. The molecule has 0 bridgehead atoms. The maximum absolute atomic E-state index is 12.7. The first-order valence-corrected chi connectivity index (χ1v) is 10.6. The molecule has 0 N–H and O–H groups in total. The topological polar surface area (TPSA) is 57.0 Å². The highest BCUT2D eigenvalue weighted by molar-refractivity contribution is 7.99. The van der Waals surface area contributed by atoms with Gasteiger partial charge >= 0.3 is 0 Å². The van der Waals surface area contributed by atoms with Crippen molar-refractivity contribution in [3.05, 3.63) is 77.4 Å². The molecule has 5 heteroatoms. The number of hydrogen-bond donors (Lipinski definition) is 0. The van der Waals surface area contributed by atoms with Crippen LogP contribution in [0.2, 0.25) is 0 Å². The number of para-hydroxylation sites is 1. The van der Waals surface area contributed by atoms with E-state index in [2.05, 4.69) is 29.3 Å². The van der Waals surface area contributed by atoms with E-state index in [9.17, 15) is 10.1 Å². The highest BCUT2D eigenvalue weighted by Gasteiger charge is 2.23. The first kappa shape index (κ1) is 19.2. The van der Waals surface area contributed by atoms with E-state index >= 15 is 0 Å². The lowest BCUT2D eigenvalue weighted by molar-refractivity contribution is -0.118. The average Bonchev–Trinajstić information content (AvgIpc) is 3.18. The zero-order chi connectivity index (χ0) is 20.2. The van der Waals surface area contributed by atoms with Gasteiger partial charge in [-0.25, -0.2) is 4.98 Å². The van der Waals surface area contributed by atoms with Crippen molar-refractivity contribution in [2.24, 2.45) is 0 Å². The van der Waals surface area contributed by atoms with Gasteiger partial charge in [-0.15, -0.1) is 11.8 Å². The standard InChI is InChI=1S/C24H21N3OS/c1-17-6-8-18(9-7-17)21-11-10-20(16-25)24(26-21)29-15-13-23(28)27-14-12-19-4-2-3-5-22(19)27/h2-11H,12-15H2,1H3. The molecule has 2 heterocycles. The maximum Gasteiger partial charge on any atom is 0.227 e. The van der Waals surface area contributed by atoms with Crippen LogP contribution >= 0.6 is 11.8 Å². The molecule has 1 aromatic heterocycles. The van der Waals surface area contributed by atoms with E-state index in [1.807, 2.05) is 54.3 Å². The molecular weight excluding hydrogens is 378 g/mol. The van der Waals surface area contributed by atoms with Gasteiger partial charge in [0.25, 0.3) is 0 Å².